The SMILES string of the molecule is Cc1n[nH]c(C)c1-c1cnc(C[C@@H]2CCCN(S(C)(=O)=O)C2)cn1. The molecule has 130 valence electrons. The molecule has 0 unspecified atom stereocenters. The summed E-state index contributed by atoms with van der Waals surface area (Å²) >= 11 is 0. The molecule has 2 aromatic heterocycles. The van der Waals surface area contributed by atoms with Crippen LogP contribution in [0.5, 0.6) is 0 Å². The van der Waals surface area contributed by atoms with Crippen LogP contribution in [0.3, 0.4) is 0 Å². The van der Waals surface area contributed by atoms with Gasteiger partial charge in [-0.1, -0.05) is 0 Å². The Morgan fingerprint density at radius 1 is 1.29 bits per heavy atom. The first kappa shape index (κ1) is 17.0. The standard InChI is InChI=1S/C16H23N5O2S/c1-11-16(12(2)20-19-11)15-9-17-14(8-18-15)7-13-5-4-6-21(10-13)24(3,22)23/h8-9,13H,4-7,10H2,1-3H3,(H,19,20)/t13-/m0/s1. The predicted molar refractivity (Wildman–Crippen MR) is 91.9 cm³/mol. The quantitative estimate of drug-likeness (QED) is 0.907. The topological polar surface area (TPSA) is 91.8 Å². The third kappa shape index (κ3) is 3.64. The van der Waals surface area contributed by atoms with Gasteiger partial charge in [-0.3, -0.25) is 15.1 Å². The Kier molecular flexibility index (Phi) is 4.69. The van der Waals surface area contributed by atoms with Crippen LogP contribution in [0.1, 0.15) is 29.9 Å². The zero-order valence-electron chi connectivity index (χ0n) is 14.3. The minimum absolute atomic E-state index is 0.297. The number of aromatic nitrogens is 4. The summed E-state index contributed by atoms with van der Waals surface area (Å²) in [6.45, 7) is 5.10. The molecule has 1 aliphatic heterocycles. The highest BCUT2D eigenvalue weighted by molar-refractivity contribution is 7.88. The van der Waals surface area contributed by atoms with Crippen molar-refractivity contribution in [3.8, 4) is 11.3 Å². The Balaban J connectivity index is 1.71. The van der Waals surface area contributed by atoms with Crippen molar-refractivity contribution in [2.75, 3.05) is 19.3 Å². The molecule has 8 heteroatoms. The minimum Gasteiger partial charge on any atom is -0.282 e. The van der Waals surface area contributed by atoms with Crippen LogP contribution in [-0.2, 0) is 16.4 Å². The second-order valence-corrected chi connectivity index (χ2v) is 8.52. The average molecular weight is 349 g/mol. The summed E-state index contributed by atoms with van der Waals surface area (Å²) in [5.74, 6) is 0.297. The first-order chi connectivity index (χ1) is 11.3. The summed E-state index contributed by atoms with van der Waals surface area (Å²) in [5, 5.41) is 7.14. The van der Waals surface area contributed by atoms with Crippen molar-refractivity contribution in [2.45, 2.75) is 33.1 Å². The molecule has 7 nitrogen and oxygen atoms in total. The Morgan fingerprint density at radius 3 is 2.67 bits per heavy atom. The van der Waals surface area contributed by atoms with E-state index in [-0.39, 0.29) is 0 Å². The van der Waals surface area contributed by atoms with Gasteiger partial charge in [-0.2, -0.15) is 5.10 Å². The van der Waals surface area contributed by atoms with Crippen molar-refractivity contribution in [3.63, 3.8) is 0 Å². The van der Waals surface area contributed by atoms with Crippen molar-refractivity contribution < 1.29 is 8.42 Å². The summed E-state index contributed by atoms with van der Waals surface area (Å²) in [5.41, 5.74) is 4.59. The molecule has 0 aliphatic carbocycles. The molecule has 1 saturated heterocycles. The van der Waals surface area contributed by atoms with E-state index in [1.165, 1.54) is 6.26 Å². The number of H-pyrrole nitrogens is 1. The van der Waals surface area contributed by atoms with Crippen LogP contribution >= 0.6 is 0 Å². The number of rotatable bonds is 4. The fraction of sp³-hybridized carbons (Fsp3) is 0.562. The molecule has 2 aromatic rings. The first-order valence-electron chi connectivity index (χ1n) is 8.12. The van der Waals surface area contributed by atoms with Crippen LogP contribution in [0.15, 0.2) is 12.4 Å². The maximum Gasteiger partial charge on any atom is 0.211 e. The van der Waals surface area contributed by atoms with Gasteiger partial charge in [0.05, 0.1) is 29.5 Å². The van der Waals surface area contributed by atoms with E-state index in [9.17, 15) is 8.42 Å². The van der Waals surface area contributed by atoms with Gasteiger partial charge in [-0.25, -0.2) is 12.7 Å². The van der Waals surface area contributed by atoms with Crippen LogP contribution in [0.4, 0.5) is 0 Å². The van der Waals surface area contributed by atoms with Crippen LogP contribution in [0, 0.1) is 19.8 Å². The number of aryl methyl sites for hydroxylation is 2. The van der Waals surface area contributed by atoms with Crippen molar-refractivity contribution in [3.05, 3.63) is 29.5 Å². The summed E-state index contributed by atoms with van der Waals surface area (Å²) in [6.07, 6.45) is 7.52. The molecule has 0 bridgehead atoms. The lowest BCUT2D eigenvalue weighted by Gasteiger charge is -2.30. The molecule has 0 radical (unpaired) electrons. The molecule has 0 saturated carbocycles. The number of nitrogens with zero attached hydrogens (tertiary/aromatic N) is 4. The van der Waals surface area contributed by atoms with Crippen LogP contribution in [0.25, 0.3) is 11.3 Å². The van der Waals surface area contributed by atoms with Gasteiger partial charge < -0.3 is 0 Å². The highest BCUT2D eigenvalue weighted by Crippen LogP contribution is 2.24. The van der Waals surface area contributed by atoms with E-state index in [2.05, 4.69) is 20.2 Å². The van der Waals surface area contributed by atoms with Gasteiger partial charge in [0.1, 0.15) is 0 Å². The minimum atomic E-state index is -3.11. The Labute approximate surface area is 142 Å². The zero-order chi connectivity index (χ0) is 17.3. The summed E-state index contributed by atoms with van der Waals surface area (Å²) < 4.78 is 25.0. The third-order valence-corrected chi connectivity index (χ3v) is 5.81. The van der Waals surface area contributed by atoms with E-state index < -0.39 is 10.0 Å². The van der Waals surface area contributed by atoms with E-state index in [1.807, 2.05) is 13.8 Å². The lowest BCUT2D eigenvalue weighted by atomic mass is 9.95. The van der Waals surface area contributed by atoms with Crippen molar-refractivity contribution in [1.29, 1.82) is 0 Å². The number of sulfonamides is 1. The van der Waals surface area contributed by atoms with Gasteiger partial charge in [0.15, 0.2) is 0 Å². The van der Waals surface area contributed by atoms with Gasteiger partial charge in [0.25, 0.3) is 0 Å². The fourth-order valence-corrected chi connectivity index (χ4v) is 4.25. The van der Waals surface area contributed by atoms with Gasteiger partial charge in [-0.15, -0.1) is 0 Å². The molecule has 0 amide bonds. The molecule has 3 heterocycles. The van der Waals surface area contributed by atoms with Crippen LogP contribution < -0.4 is 0 Å². The maximum atomic E-state index is 11.7. The molecule has 1 fully saturated rings. The lowest BCUT2D eigenvalue weighted by Crippen LogP contribution is -2.39. The second kappa shape index (κ2) is 6.60. The molecular formula is C16H23N5O2S. The highest BCUT2D eigenvalue weighted by Gasteiger charge is 2.26. The fourth-order valence-electron chi connectivity index (χ4n) is 3.31. The number of hydrogen-bond donors (Lipinski definition) is 1. The van der Waals surface area contributed by atoms with Gasteiger partial charge in [0.2, 0.25) is 10.0 Å². The van der Waals surface area contributed by atoms with E-state index >= 15 is 0 Å². The third-order valence-electron chi connectivity index (χ3n) is 4.54. The lowest BCUT2D eigenvalue weighted by molar-refractivity contribution is 0.265. The highest BCUT2D eigenvalue weighted by atomic mass is 32.2. The van der Waals surface area contributed by atoms with Crippen molar-refractivity contribution in [2.24, 2.45) is 5.92 Å². The molecule has 0 aromatic carbocycles. The summed E-state index contributed by atoms with van der Waals surface area (Å²) in [6, 6.07) is 0. The summed E-state index contributed by atoms with van der Waals surface area (Å²) in [7, 11) is -3.11. The Hall–Kier alpha value is -1.80. The van der Waals surface area contributed by atoms with E-state index in [1.54, 1.807) is 16.7 Å². The molecule has 1 atom stereocenters. The maximum absolute atomic E-state index is 11.7. The average Bonchev–Trinajstić information content (AvgIpc) is 2.87. The van der Waals surface area contributed by atoms with Gasteiger partial charge in [-0.05, 0) is 39.0 Å². The van der Waals surface area contributed by atoms with Crippen molar-refractivity contribution >= 4 is 10.0 Å². The molecule has 3 rings (SSSR count). The number of aromatic amines is 1. The summed E-state index contributed by atoms with van der Waals surface area (Å²) in [4.78, 5) is 9.05. The molecule has 0 spiro atoms. The van der Waals surface area contributed by atoms with E-state index in [4.69, 9.17) is 0 Å². The largest absolute Gasteiger partial charge is 0.282 e. The first-order valence-corrected chi connectivity index (χ1v) is 9.97. The van der Waals surface area contributed by atoms with E-state index in [0.717, 1.165) is 47.6 Å². The second-order valence-electron chi connectivity index (χ2n) is 6.54. The Bertz CT molecular complexity index is 794. The molecule has 1 N–H and O–H groups in total. The van der Waals surface area contributed by atoms with Gasteiger partial charge in [0, 0.05) is 30.5 Å². The van der Waals surface area contributed by atoms with E-state index in [0.29, 0.717) is 19.0 Å². The monoisotopic (exact) mass is 349 g/mol. The normalized spacial score (nSPS) is 19.5. The smallest absolute Gasteiger partial charge is 0.211 e. The Morgan fingerprint density at radius 2 is 2.08 bits per heavy atom. The number of piperidine rings is 1. The van der Waals surface area contributed by atoms with Crippen LogP contribution in [0.2, 0.25) is 0 Å². The van der Waals surface area contributed by atoms with Crippen molar-refractivity contribution in [1.82, 2.24) is 24.5 Å². The number of nitrogens with one attached hydrogen (secondary N) is 1. The molecule has 1 aliphatic rings. The predicted octanol–water partition coefficient (Wildman–Crippen LogP) is 1.70. The zero-order valence-corrected chi connectivity index (χ0v) is 15.1. The molecular weight excluding hydrogens is 326 g/mol. The molecule has 24 heavy (non-hydrogen) atoms. The van der Waals surface area contributed by atoms with Crippen LogP contribution in [-0.4, -0.2) is 52.2 Å². The van der Waals surface area contributed by atoms with Gasteiger partial charge >= 0.3 is 0 Å². The number of hydrogen-bond acceptors (Lipinski definition) is 5.